The molecule has 0 aliphatic carbocycles. The van der Waals surface area contributed by atoms with Crippen LogP contribution < -0.4 is 5.32 Å². The summed E-state index contributed by atoms with van der Waals surface area (Å²) < 4.78 is 5.44. The second kappa shape index (κ2) is 6.39. The first-order valence-corrected chi connectivity index (χ1v) is 6.67. The molecule has 1 aliphatic rings. The highest BCUT2D eigenvalue weighted by Crippen LogP contribution is 2.32. The Labute approximate surface area is 108 Å². The highest BCUT2D eigenvalue weighted by molar-refractivity contribution is 6.30. The molecule has 0 saturated carbocycles. The van der Waals surface area contributed by atoms with Crippen molar-refractivity contribution in [2.45, 2.75) is 18.8 Å². The molecule has 1 fully saturated rings. The summed E-state index contributed by atoms with van der Waals surface area (Å²) in [6.07, 6.45) is 2.30. The Morgan fingerprint density at radius 2 is 2.18 bits per heavy atom. The lowest BCUT2D eigenvalue weighted by Crippen LogP contribution is -2.28. The van der Waals surface area contributed by atoms with Crippen LogP contribution in [0.25, 0.3) is 0 Å². The summed E-state index contributed by atoms with van der Waals surface area (Å²) in [6, 6.07) is 8.26. The Balaban J connectivity index is 2.15. The maximum atomic E-state index is 6.08. The molecule has 1 aromatic rings. The molecule has 1 aromatic carbocycles. The Bertz CT molecular complexity index is 350. The smallest absolute Gasteiger partial charge is 0.0468 e. The molecule has 17 heavy (non-hydrogen) atoms. The van der Waals surface area contributed by atoms with Crippen LogP contribution in [0.5, 0.6) is 0 Å². The molecule has 2 nitrogen and oxygen atoms in total. The number of ether oxygens (including phenoxy) is 1. The van der Waals surface area contributed by atoms with E-state index in [2.05, 4.69) is 17.4 Å². The Hall–Kier alpha value is -0.570. The standard InChI is InChI=1S/C14H20ClNO/c1-16-10-14(11-5-7-17-8-6-11)12-3-2-4-13(15)9-12/h2-4,9,11,14,16H,5-8,10H2,1H3. The van der Waals surface area contributed by atoms with Gasteiger partial charge < -0.3 is 10.1 Å². The van der Waals surface area contributed by atoms with Crippen LogP contribution in [0.3, 0.4) is 0 Å². The van der Waals surface area contributed by atoms with Gasteiger partial charge >= 0.3 is 0 Å². The molecular weight excluding hydrogens is 234 g/mol. The van der Waals surface area contributed by atoms with E-state index in [9.17, 15) is 0 Å². The lowest BCUT2D eigenvalue weighted by Gasteiger charge is -2.30. The summed E-state index contributed by atoms with van der Waals surface area (Å²) in [4.78, 5) is 0. The Kier molecular flexibility index (Phi) is 4.84. The van der Waals surface area contributed by atoms with E-state index in [4.69, 9.17) is 16.3 Å². The van der Waals surface area contributed by atoms with Crippen LogP contribution in [0.4, 0.5) is 0 Å². The average Bonchev–Trinajstić information content (AvgIpc) is 2.37. The molecule has 0 amide bonds. The van der Waals surface area contributed by atoms with Crippen LogP contribution in [0.1, 0.15) is 24.3 Å². The predicted molar refractivity (Wildman–Crippen MR) is 71.7 cm³/mol. The van der Waals surface area contributed by atoms with Crippen molar-refractivity contribution in [1.29, 1.82) is 0 Å². The number of nitrogens with one attached hydrogen (secondary N) is 1. The van der Waals surface area contributed by atoms with Gasteiger partial charge in [-0.3, -0.25) is 0 Å². The minimum absolute atomic E-state index is 0.544. The van der Waals surface area contributed by atoms with Gasteiger partial charge in [0.15, 0.2) is 0 Å². The van der Waals surface area contributed by atoms with Gasteiger partial charge in [-0.2, -0.15) is 0 Å². The van der Waals surface area contributed by atoms with Gasteiger partial charge in [-0.1, -0.05) is 23.7 Å². The van der Waals surface area contributed by atoms with E-state index < -0.39 is 0 Å². The lowest BCUT2D eigenvalue weighted by molar-refractivity contribution is 0.0579. The largest absolute Gasteiger partial charge is 0.381 e. The van der Waals surface area contributed by atoms with Crippen molar-refractivity contribution in [2.75, 3.05) is 26.8 Å². The minimum atomic E-state index is 0.544. The second-order valence-electron chi connectivity index (χ2n) is 4.67. The monoisotopic (exact) mass is 253 g/mol. The third kappa shape index (κ3) is 3.44. The number of benzene rings is 1. The fourth-order valence-corrected chi connectivity index (χ4v) is 2.83. The molecule has 0 radical (unpaired) electrons. The summed E-state index contributed by atoms with van der Waals surface area (Å²) in [5.41, 5.74) is 1.35. The molecule has 94 valence electrons. The molecule has 1 N–H and O–H groups in total. The third-order valence-corrected chi connectivity index (χ3v) is 3.77. The zero-order chi connectivity index (χ0) is 12.1. The van der Waals surface area contributed by atoms with Crippen molar-refractivity contribution in [3.63, 3.8) is 0 Å². The van der Waals surface area contributed by atoms with Crippen LogP contribution in [-0.2, 0) is 4.74 Å². The van der Waals surface area contributed by atoms with Gasteiger partial charge in [0.2, 0.25) is 0 Å². The summed E-state index contributed by atoms with van der Waals surface area (Å²) >= 11 is 6.08. The zero-order valence-corrected chi connectivity index (χ0v) is 11.0. The Morgan fingerprint density at radius 1 is 1.41 bits per heavy atom. The van der Waals surface area contributed by atoms with Gasteiger partial charge in [0.05, 0.1) is 0 Å². The molecule has 0 bridgehead atoms. The number of halogens is 1. The minimum Gasteiger partial charge on any atom is -0.381 e. The van der Waals surface area contributed by atoms with Crippen LogP contribution in [-0.4, -0.2) is 26.8 Å². The number of hydrogen-bond acceptors (Lipinski definition) is 2. The Morgan fingerprint density at radius 3 is 2.82 bits per heavy atom. The van der Waals surface area contributed by atoms with E-state index in [1.54, 1.807) is 0 Å². The molecule has 1 aliphatic heterocycles. The van der Waals surface area contributed by atoms with Crippen molar-refractivity contribution in [1.82, 2.24) is 5.32 Å². The molecule has 2 rings (SSSR count). The number of rotatable bonds is 4. The average molecular weight is 254 g/mol. The summed E-state index contributed by atoms with van der Waals surface area (Å²) in [5, 5.41) is 4.13. The highest BCUT2D eigenvalue weighted by atomic mass is 35.5. The zero-order valence-electron chi connectivity index (χ0n) is 10.3. The molecule has 1 heterocycles. The topological polar surface area (TPSA) is 21.3 Å². The summed E-state index contributed by atoms with van der Waals surface area (Å²) in [7, 11) is 2.01. The number of hydrogen-bond donors (Lipinski definition) is 1. The third-order valence-electron chi connectivity index (χ3n) is 3.54. The van der Waals surface area contributed by atoms with E-state index in [1.165, 1.54) is 5.56 Å². The second-order valence-corrected chi connectivity index (χ2v) is 5.11. The van der Waals surface area contributed by atoms with Gasteiger partial charge in [-0.15, -0.1) is 0 Å². The maximum Gasteiger partial charge on any atom is 0.0468 e. The van der Waals surface area contributed by atoms with Crippen molar-refractivity contribution in [3.8, 4) is 0 Å². The normalized spacial score (nSPS) is 19.2. The molecule has 0 aromatic heterocycles. The van der Waals surface area contributed by atoms with Gasteiger partial charge in [-0.05, 0) is 49.4 Å². The summed E-state index contributed by atoms with van der Waals surface area (Å²) in [5.74, 6) is 1.25. The van der Waals surface area contributed by atoms with Gasteiger partial charge in [0.25, 0.3) is 0 Å². The predicted octanol–water partition coefficient (Wildman–Crippen LogP) is 3.07. The first kappa shape index (κ1) is 12.9. The molecule has 1 unspecified atom stereocenters. The maximum absolute atomic E-state index is 6.08. The van der Waals surface area contributed by atoms with Crippen LogP contribution in [0.2, 0.25) is 5.02 Å². The first-order chi connectivity index (χ1) is 8.31. The molecular formula is C14H20ClNO. The molecule has 1 atom stereocenters. The molecule has 1 saturated heterocycles. The van der Waals surface area contributed by atoms with Crippen molar-refractivity contribution in [2.24, 2.45) is 5.92 Å². The van der Waals surface area contributed by atoms with E-state index >= 15 is 0 Å². The van der Waals surface area contributed by atoms with Gasteiger partial charge in [0, 0.05) is 24.8 Å². The molecule has 0 spiro atoms. The molecule has 3 heteroatoms. The number of likely N-dealkylation sites (N-methyl/N-ethyl adjacent to an activating group) is 1. The lowest BCUT2D eigenvalue weighted by atomic mass is 9.81. The van der Waals surface area contributed by atoms with Crippen LogP contribution in [0.15, 0.2) is 24.3 Å². The van der Waals surface area contributed by atoms with E-state index in [1.807, 2.05) is 19.2 Å². The highest BCUT2D eigenvalue weighted by Gasteiger charge is 2.24. The van der Waals surface area contributed by atoms with Gasteiger partial charge in [-0.25, -0.2) is 0 Å². The van der Waals surface area contributed by atoms with E-state index in [-0.39, 0.29) is 0 Å². The van der Waals surface area contributed by atoms with Crippen LogP contribution >= 0.6 is 11.6 Å². The van der Waals surface area contributed by atoms with Crippen molar-refractivity contribution in [3.05, 3.63) is 34.9 Å². The fraction of sp³-hybridized carbons (Fsp3) is 0.571. The fourth-order valence-electron chi connectivity index (χ4n) is 2.63. The van der Waals surface area contributed by atoms with E-state index in [0.717, 1.165) is 37.6 Å². The SMILES string of the molecule is CNCC(c1cccc(Cl)c1)C1CCOCC1. The van der Waals surface area contributed by atoms with Gasteiger partial charge in [0.1, 0.15) is 0 Å². The van der Waals surface area contributed by atoms with E-state index in [0.29, 0.717) is 11.8 Å². The quantitative estimate of drug-likeness (QED) is 0.891. The first-order valence-electron chi connectivity index (χ1n) is 6.29. The van der Waals surface area contributed by atoms with Crippen molar-refractivity contribution >= 4 is 11.6 Å². The van der Waals surface area contributed by atoms with Crippen LogP contribution in [0, 0.1) is 5.92 Å². The summed E-state index contributed by atoms with van der Waals surface area (Å²) in [6.45, 7) is 2.79. The van der Waals surface area contributed by atoms with Crippen molar-refractivity contribution < 1.29 is 4.74 Å².